The van der Waals surface area contributed by atoms with Gasteiger partial charge < -0.3 is 5.73 Å². The van der Waals surface area contributed by atoms with Crippen LogP contribution in [0.1, 0.15) is 37.8 Å². The minimum Gasteiger partial charge on any atom is -0.320 e. The van der Waals surface area contributed by atoms with Crippen molar-refractivity contribution >= 4 is 22.6 Å². The van der Waals surface area contributed by atoms with E-state index in [1.165, 1.54) is 19.3 Å². The molecule has 0 aliphatic heterocycles. The van der Waals surface area contributed by atoms with Gasteiger partial charge in [0.25, 0.3) is 0 Å². The Morgan fingerprint density at radius 2 is 2.00 bits per heavy atom. The summed E-state index contributed by atoms with van der Waals surface area (Å²) in [5.74, 6) is 0. The lowest BCUT2D eigenvalue weighted by molar-refractivity contribution is 0.293. The van der Waals surface area contributed by atoms with Crippen LogP contribution in [0.3, 0.4) is 0 Å². The molecule has 1 aromatic rings. The van der Waals surface area contributed by atoms with Gasteiger partial charge in [-0.1, -0.05) is 19.3 Å². The third-order valence-electron chi connectivity index (χ3n) is 2.88. The normalized spacial score (nSPS) is 20.7. The molecule has 0 spiro atoms. The van der Waals surface area contributed by atoms with Gasteiger partial charge in [0.15, 0.2) is 0 Å². The van der Waals surface area contributed by atoms with Crippen LogP contribution in [0.2, 0.25) is 0 Å². The number of aromatic nitrogens is 2. The van der Waals surface area contributed by atoms with Crippen molar-refractivity contribution in [1.29, 1.82) is 0 Å². The molecule has 0 atom stereocenters. The van der Waals surface area contributed by atoms with Gasteiger partial charge in [0.1, 0.15) is 6.33 Å². The van der Waals surface area contributed by atoms with Crippen LogP contribution in [0.15, 0.2) is 12.5 Å². The molecule has 0 unspecified atom stereocenters. The monoisotopic (exact) mass is 303 g/mol. The van der Waals surface area contributed by atoms with E-state index in [9.17, 15) is 0 Å². The Morgan fingerprint density at radius 3 is 2.64 bits per heavy atom. The lowest BCUT2D eigenvalue weighted by Crippen LogP contribution is -2.40. The Kier molecular flexibility index (Phi) is 3.02. The predicted molar refractivity (Wildman–Crippen MR) is 63.7 cm³/mol. The van der Waals surface area contributed by atoms with Crippen molar-refractivity contribution in [3.63, 3.8) is 0 Å². The molecular formula is C10H14IN3. The molecule has 0 radical (unpaired) electrons. The SMILES string of the molecule is NC1(c2ncncc2I)CCCCC1. The Bertz CT molecular complexity index is 321. The summed E-state index contributed by atoms with van der Waals surface area (Å²) < 4.78 is 1.09. The van der Waals surface area contributed by atoms with Gasteiger partial charge in [-0.05, 0) is 35.4 Å². The van der Waals surface area contributed by atoms with Crippen LogP contribution in [0.25, 0.3) is 0 Å². The van der Waals surface area contributed by atoms with E-state index in [-0.39, 0.29) is 5.54 Å². The minimum absolute atomic E-state index is 0.197. The summed E-state index contributed by atoms with van der Waals surface area (Å²) >= 11 is 2.27. The lowest BCUT2D eigenvalue weighted by Gasteiger charge is -2.33. The van der Waals surface area contributed by atoms with E-state index in [0.717, 1.165) is 22.1 Å². The molecule has 4 heteroatoms. The van der Waals surface area contributed by atoms with E-state index >= 15 is 0 Å². The molecule has 0 aromatic carbocycles. The van der Waals surface area contributed by atoms with Gasteiger partial charge in [0.2, 0.25) is 0 Å². The van der Waals surface area contributed by atoms with Crippen molar-refractivity contribution in [1.82, 2.24) is 9.97 Å². The van der Waals surface area contributed by atoms with Crippen LogP contribution in [0.5, 0.6) is 0 Å². The standard InChI is InChI=1S/C10H14IN3/c11-8-6-13-7-14-9(8)10(12)4-2-1-3-5-10/h6-7H,1-5,12H2. The van der Waals surface area contributed by atoms with E-state index in [1.807, 2.05) is 6.20 Å². The number of nitrogens with two attached hydrogens (primary N) is 1. The van der Waals surface area contributed by atoms with Gasteiger partial charge >= 0.3 is 0 Å². The third kappa shape index (κ3) is 1.91. The summed E-state index contributed by atoms with van der Waals surface area (Å²) in [5, 5.41) is 0. The molecular weight excluding hydrogens is 289 g/mol. The highest BCUT2D eigenvalue weighted by Crippen LogP contribution is 2.35. The third-order valence-corrected chi connectivity index (χ3v) is 3.67. The van der Waals surface area contributed by atoms with Crippen molar-refractivity contribution in [2.75, 3.05) is 0 Å². The Labute approximate surface area is 97.7 Å². The van der Waals surface area contributed by atoms with E-state index < -0.39 is 0 Å². The second kappa shape index (κ2) is 4.10. The van der Waals surface area contributed by atoms with E-state index in [4.69, 9.17) is 5.73 Å². The highest BCUT2D eigenvalue weighted by molar-refractivity contribution is 14.1. The molecule has 0 bridgehead atoms. The van der Waals surface area contributed by atoms with Gasteiger partial charge in [-0.2, -0.15) is 0 Å². The first-order valence-corrected chi connectivity index (χ1v) is 6.05. The molecule has 1 aliphatic rings. The predicted octanol–water partition coefficient (Wildman–Crippen LogP) is 2.20. The lowest BCUT2D eigenvalue weighted by atomic mass is 9.80. The van der Waals surface area contributed by atoms with Crippen LogP contribution in [-0.4, -0.2) is 9.97 Å². The summed E-state index contributed by atoms with van der Waals surface area (Å²) in [6, 6.07) is 0. The van der Waals surface area contributed by atoms with Crippen molar-refractivity contribution in [3.05, 3.63) is 21.8 Å². The van der Waals surface area contributed by atoms with Crippen LogP contribution in [-0.2, 0) is 5.54 Å². The van der Waals surface area contributed by atoms with Crippen LogP contribution >= 0.6 is 22.6 Å². The molecule has 0 amide bonds. The maximum atomic E-state index is 6.39. The van der Waals surface area contributed by atoms with Gasteiger partial charge in [-0.15, -0.1) is 0 Å². The fourth-order valence-corrected chi connectivity index (χ4v) is 2.94. The highest BCUT2D eigenvalue weighted by atomic mass is 127. The maximum Gasteiger partial charge on any atom is 0.115 e. The summed E-state index contributed by atoms with van der Waals surface area (Å²) in [7, 11) is 0. The Hall–Kier alpha value is -0.230. The molecule has 1 saturated carbocycles. The number of halogens is 1. The van der Waals surface area contributed by atoms with Crippen molar-refractivity contribution in [3.8, 4) is 0 Å². The second-order valence-electron chi connectivity index (χ2n) is 3.94. The Morgan fingerprint density at radius 1 is 1.29 bits per heavy atom. The van der Waals surface area contributed by atoms with Gasteiger partial charge in [-0.3, -0.25) is 0 Å². The fourth-order valence-electron chi connectivity index (χ4n) is 2.10. The first kappa shape index (κ1) is 10.3. The smallest absolute Gasteiger partial charge is 0.115 e. The van der Waals surface area contributed by atoms with Crippen LogP contribution in [0, 0.1) is 3.57 Å². The number of hydrogen-bond donors (Lipinski definition) is 1. The van der Waals surface area contributed by atoms with Gasteiger partial charge in [0, 0.05) is 6.20 Å². The second-order valence-corrected chi connectivity index (χ2v) is 5.10. The quantitative estimate of drug-likeness (QED) is 0.809. The Balaban J connectivity index is 2.32. The average molecular weight is 303 g/mol. The van der Waals surface area contributed by atoms with Crippen LogP contribution < -0.4 is 5.73 Å². The van der Waals surface area contributed by atoms with Gasteiger partial charge in [-0.25, -0.2) is 9.97 Å². The molecule has 0 saturated heterocycles. The summed E-state index contributed by atoms with van der Waals surface area (Å²) in [6.45, 7) is 0. The molecule has 1 heterocycles. The van der Waals surface area contributed by atoms with Crippen LogP contribution in [0.4, 0.5) is 0 Å². The van der Waals surface area contributed by atoms with Crippen molar-refractivity contribution in [2.45, 2.75) is 37.6 Å². The summed E-state index contributed by atoms with van der Waals surface area (Å²) in [6.07, 6.45) is 9.29. The molecule has 3 nitrogen and oxygen atoms in total. The number of rotatable bonds is 1. The van der Waals surface area contributed by atoms with Crippen molar-refractivity contribution in [2.24, 2.45) is 5.73 Å². The zero-order valence-electron chi connectivity index (χ0n) is 8.04. The summed E-state index contributed by atoms with van der Waals surface area (Å²) in [5.41, 5.74) is 7.22. The topological polar surface area (TPSA) is 51.8 Å². The first-order chi connectivity index (χ1) is 6.72. The van der Waals surface area contributed by atoms with E-state index in [0.29, 0.717) is 0 Å². The molecule has 1 fully saturated rings. The average Bonchev–Trinajstić information content (AvgIpc) is 2.19. The largest absolute Gasteiger partial charge is 0.320 e. The fraction of sp³-hybridized carbons (Fsp3) is 0.600. The first-order valence-electron chi connectivity index (χ1n) is 4.97. The zero-order valence-corrected chi connectivity index (χ0v) is 10.2. The van der Waals surface area contributed by atoms with Crippen molar-refractivity contribution < 1.29 is 0 Å². The maximum absolute atomic E-state index is 6.39. The zero-order chi connectivity index (χ0) is 10.0. The molecule has 2 rings (SSSR count). The highest BCUT2D eigenvalue weighted by Gasteiger charge is 2.32. The summed E-state index contributed by atoms with van der Waals surface area (Å²) in [4.78, 5) is 8.33. The molecule has 76 valence electrons. The molecule has 1 aliphatic carbocycles. The number of nitrogens with zero attached hydrogens (tertiary/aromatic N) is 2. The van der Waals surface area contributed by atoms with E-state index in [2.05, 4.69) is 32.6 Å². The molecule has 2 N–H and O–H groups in total. The van der Waals surface area contributed by atoms with Gasteiger partial charge in [0.05, 0.1) is 14.8 Å². The minimum atomic E-state index is -0.197. The molecule has 14 heavy (non-hydrogen) atoms. The number of hydrogen-bond acceptors (Lipinski definition) is 3. The van der Waals surface area contributed by atoms with E-state index in [1.54, 1.807) is 6.33 Å². The molecule has 1 aromatic heterocycles.